The van der Waals surface area contributed by atoms with E-state index < -0.39 is 0 Å². The number of aromatic nitrogens is 1. The minimum atomic E-state index is 0.861. The summed E-state index contributed by atoms with van der Waals surface area (Å²) < 4.78 is 2.13. The van der Waals surface area contributed by atoms with E-state index in [1.165, 1.54) is 22.5 Å². The smallest absolute Gasteiger partial charge is 0.0564 e. The molecule has 0 bridgehead atoms. The molecule has 2 aromatic rings. The van der Waals surface area contributed by atoms with Crippen LogP contribution in [0.1, 0.15) is 29.4 Å². The molecule has 0 amide bonds. The molecule has 90 valence electrons. The van der Waals surface area contributed by atoms with E-state index in [2.05, 4.69) is 67.3 Å². The third-order valence-electron chi connectivity index (χ3n) is 3.14. The molecule has 0 saturated heterocycles. The summed E-state index contributed by atoms with van der Waals surface area (Å²) in [7, 11) is 0. The van der Waals surface area contributed by atoms with Crippen molar-refractivity contribution in [2.24, 2.45) is 0 Å². The summed E-state index contributed by atoms with van der Waals surface area (Å²) in [6, 6.07) is 13.0. The molecule has 0 spiro atoms. The minimum Gasteiger partial charge on any atom is -0.322 e. The molecule has 0 atom stereocenters. The molecule has 1 N–H and O–H groups in total. The largest absolute Gasteiger partial charge is 0.322 e. The lowest BCUT2D eigenvalue weighted by molar-refractivity contribution is 0.792. The van der Waals surface area contributed by atoms with Crippen molar-refractivity contribution < 1.29 is 0 Å². The highest BCUT2D eigenvalue weighted by molar-refractivity contribution is 5.24. The van der Waals surface area contributed by atoms with Crippen molar-refractivity contribution in [3.8, 4) is 0 Å². The molecule has 1 heterocycles. The van der Waals surface area contributed by atoms with Gasteiger partial charge in [-0.15, -0.1) is 0 Å². The van der Waals surface area contributed by atoms with Crippen molar-refractivity contribution >= 4 is 0 Å². The number of benzene rings is 1. The monoisotopic (exact) mass is 228 g/mol. The number of rotatable bonds is 4. The van der Waals surface area contributed by atoms with Crippen LogP contribution in [0.3, 0.4) is 0 Å². The number of hydrogen-bond acceptors (Lipinski definition) is 1. The molecule has 0 saturated carbocycles. The lowest BCUT2D eigenvalue weighted by Gasteiger charge is -2.12. The molecule has 0 aliphatic heterocycles. The molecule has 0 aliphatic rings. The van der Waals surface area contributed by atoms with E-state index in [0.29, 0.717) is 0 Å². The first kappa shape index (κ1) is 11.8. The van der Waals surface area contributed by atoms with Gasteiger partial charge in [0.15, 0.2) is 0 Å². The summed E-state index contributed by atoms with van der Waals surface area (Å²) in [6.45, 7) is 7.26. The molecule has 2 heteroatoms. The summed E-state index contributed by atoms with van der Waals surface area (Å²) in [5.74, 6) is 0. The molecular formula is C15H20N2. The van der Waals surface area contributed by atoms with Gasteiger partial charge in [0.1, 0.15) is 0 Å². The second-order valence-electron chi connectivity index (χ2n) is 4.46. The van der Waals surface area contributed by atoms with Gasteiger partial charge in [0, 0.05) is 11.4 Å². The van der Waals surface area contributed by atoms with Crippen LogP contribution in [-0.2, 0) is 13.0 Å². The fourth-order valence-electron chi connectivity index (χ4n) is 1.98. The van der Waals surface area contributed by atoms with Gasteiger partial charge in [-0.2, -0.15) is 0 Å². The van der Waals surface area contributed by atoms with Gasteiger partial charge < -0.3 is 5.43 Å². The van der Waals surface area contributed by atoms with Gasteiger partial charge in [0.25, 0.3) is 0 Å². The average Bonchev–Trinajstić information content (AvgIpc) is 2.67. The van der Waals surface area contributed by atoms with E-state index in [1.807, 2.05) is 0 Å². The normalized spacial score (nSPS) is 10.5. The van der Waals surface area contributed by atoms with Gasteiger partial charge in [0.05, 0.1) is 6.54 Å². The first-order valence-corrected chi connectivity index (χ1v) is 6.17. The highest BCUT2D eigenvalue weighted by atomic mass is 15.4. The van der Waals surface area contributed by atoms with E-state index in [9.17, 15) is 0 Å². The van der Waals surface area contributed by atoms with Crippen LogP contribution >= 0.6 is 0 Å². The predicted molar refractivity (Wildman–Crippen MR) is 72.8 cm³/mol. The molecule has 2 rings (SSSR count). The van der Waals surface area contributed by atoms with Crippen LogP contribution in [0.5, 0.6) is 0 Å². The molecule has 0 radical (unpaired) electrons. The maximum Gasteiger partial charge on any atom is 0.0564 e. The van der Waals surface area contributed by atoms with Crippen molar-refractivity contribution in [1.82, 2.24) is 4.68 Å². The van der Waals surface area contributed by atoms with Gasteiger partial charge in [0.2, 0.25) is 0 Å². The molecule has 0 unspecified atom stereocenters. The van der Waals surface area contributed by atoms with Gasteiger partial charge in [-0.05, 0) is 43.5 Å². The summed E-state index contributed by atoms with van der Waals surface area (Å²) >= 11 is 0. The quantitative estimate of drug-likeness (QED) is 0.848. The Morgan fingerprint density at radius 3 is 1.94 bits per heavy atom. The summed E-state index contributed by atoms with van der Waals surface area (Å²) in [4.78, 5) is 0. The topological polar surface area (TPSA) is 17.0 Å². The fraction of sp³-hybridized carbons (Fsp3) is 0.333. The molecule has 1 aromatic carbocycles. The molecular weight excluding hydrogens is 208 g/mol. The van der Waals surface area contributed by atoms with E-state index in [-0.39, 0.29) is 0 Å². The predicted octanol–water partition coefficient (Wildman–Crippen LogP) is 3.41. The van der Waals surface area contributed by atoms with Crippen LogP contribution in [0.2, 0.25) is 0 Å². The minimum absolute atomic E-state index is 0.861. The lowest BCUT2D eigenvalue weighted by Crippen LogP contribution is -2.16. The summed E-state index contributed by atoms with van der Waals surface area (Å²) in [6.07, 6.45) is 1.10. The fourth-order valence-corrected chi connectivity index (χ4v) is 1.98. The van der Waals surface area contributed by atoms with Crippen LogP contribution in [0.4, 0.5) is 0 Å². The summed E-state index contributed by atoms with van der Waals surface area (Å²) in [5, 5.41) is 0. The first-order valence-electron chi connectivity index (χ1n) is 6.17. The summed E-state index contributed by atoms with van der Waals surface area (Å²) in [5.41, 5.74) is 8.62. The Morgan fingerprint density at radius 1 is 0.882 bits per heavy atom. The zero-order chi connectivity index (χ0) is 12.3. The zero-order valence-corrected chi connectivity index (χ0v) is 10.8. The van der Waals surface area contributed by atoms with E-state index >= 15 is 0 Å². The van der Waals surface area contributed by atoms with Crippen LogP contribution in [0, 0.1) is 13.8 Å². The SMILES string of the molecule is CCc1ccc(CNn2c(C)ccc2C)cc1. The van der Waals surface area contributed by atoms with Crippen molar-refractivity contribution in [3.63, 3.8) is 0 Å². The third-order valence-corrected chi connectivity index (χ3v) is 3.14. The lowest BCUT2D eigenvalue weighted by atomic mass is 10.1. The van der Waals surface area contributed by atoms with Crippen LogP contribution in [-0.4, -0.2) is 4.68 Å². The Labute approximate surface area is 103 Å². The number of hydrogen-bond donors (Lipinski definition) is 1. The average molecular weight is 228 g/mol. The number of nitrogens with zero attached hydrogens (tertiary/aromatic N) is 1. The van der Waals surface area contributed by atoms with Gasteiger partial charge in [-0.25, -0.2) is 0 Å². The Hall–Kier alpha value is -1.70. The molecule has 2 nitrogen and oxygen atoms in total. The second kappa shape index (κ2) is 5.09. The van der Waals surface area contributed by atoms with Crippen LogP contribution in [0.15, 0.2) is 36.4 Å². The first-order chi connectivity index (χ1) is 8.20. The second-order valence-corrected chi connectivity index (χ2v) is 4.46. The Bertz CT molecular complexity index is 461. The van der Waals surface area contributed by atoms with E-state index in [1.54, 1.807) is 0 Å². The van der Waals surface area contributed by atoms with Crippen molar-refractivity contribution in [3.05, 3.63) is 58.9 Å². The van der Waals surface area contributed by atoms with E-state index in [4.69, 9.17) is 0 Å². The molecule has 0 aliphatic carbocycles. The van der Waals surface area contributed by atoms with E-state index in [0.717, 1.165) is 13.0 Å². The Kier molecular flexibility index (Phi) is 3.52. The maximum atomic E-state index is 3.43. The van der Waals surface area contributed by atoms with Gasteiger partial charge >= 0.3 is 0 Å². The van der Waals surface area contributed by atoms with Crippen molar-refractivity contribution in [2.75, 3.05) is 5.43 Å². The highest BCUT2D eigenvalue weighted by Crippen LogP contribution is 2.08. The Balaban J connectivity index is 2.02. The zero-order valence-electron chi connectivity index (χ0n) is 10.8. The van der Waals surface area contributed by atoms with Crippen molar-refractivity contribution in [2.45, 2.75) is 33.7 Å². The number of nitrogens with one attached hydrogen (secondary N) is 1. The Morgan fingerprint density at radius 2 is 1.41 bits per heavy atom. The standard InChI is InChI=1S/C15H20N2/c1-4-14-7-9-15(10-8-14)11-16-17-12(2)5-6-13(17)3/h5-10,16H,4,11H2,1-3H3. The highest BCUT2D eigenvalue weighted by Gasteiger charge is 2.00. The molecule has 17 heavy (non-hydrogen) atoms. The maximum absolute atomic E-state index is 3.43. The molecule has 0 fully saturated rings. The third kappa shape index (κ3) is 2.70. The van der Waals surface area contributed by atoms with Crippen LogP contribution in [0.25, 0.3) is 0 Å². The number of aryl methyl sites for hydroxylation is 3. The van der Waals surface area contributed by atoms with Crippen molar-refractivity contribution in [1.29, 1.82) is 0 Å². The van der Waals surface area contributed by atoms with Gasteiger partial charge in [-0.3, -0.25) is 4.68 Å². The van der Waals surface area contributed by atoms with Crippen LogP contribution < -0.4 is 5.43 Å². The van der Waals surface area contributed by atoms with Gasteiger partial charge in [-0.1, -0.05) is 31.2 Å². The molecule has 1 aromatic heterocycles.